The number of hydrogen-bond acceptors (Lipinski definition) is 6. The molecule has 0 fully saturated rings. The topological polar surface area (TPSA) is 101 Å². The second-order valence-electron chi connectivity index (χ2n) is 5.20. The van der Waals surface area contributed by atoms with Gasteiger partial charge >= 0.3 is 0 Å². The van der Waals surface area contributed by atoms with Crippen LogP contribution in [0, 0.1) is 5.92 Å². The Morgan fingerprint density at radius 1 is 1.38 bits per heavy atom. The zero-order valence-electron chi connectivity index (χ0n) is 12.6. The largest absolute Gasteiger partial charge is 0.447 e. The fraction of sp³-hybridized carbons (Fsp3) is 0.692. The molecule has 1 aromatic heterocycles. The lowest BCUT2D eigenvalue weighted by Crippen LogP contribution is -2.40. The molecule has 0 aliphatic carbocycles. The Labute approximate surface area is 125 Å². The summed E-state index contributed by atoms with van der Waals surface area (Å²) in [5.41, 5.74) is 0. The Morgan fingerprint density at radius 3 is 2.67 bits per heavy atom. The molecule has 0 aromatic carbocycles. The van der Waals surface area contributed by atoms with Crippen LogP contribution in [0.4, 0.5) is 0 Å². The Kier molecular flexibility index (Phi) is 7.33. The van der Waals surface area contributed by atoms with Crippen LogP contribution in [0.25, 0.3) is 0 Å². The van der Waals surface area contributed by atoms with Crippen LogP contribution in [0.1, 0.15) is 19.6 Å². The number of sulfonamides is 1. The van der Waals surface area contributed by atoms with Crippen molar-refractivity contribution in [1.29, 1.82) is 0 Å². The van der Waals surface area contributed by atoms with Gasteiger partial charge in [-0.15, -0.1) is 0 Å². The number of rotatable bonds is 10. The lowest BCUT2D eigenvalue weighted by molar-refractivity contribution is 0.138. The van der Waals surface area contributed by atoms with Crippen molar-refractivity contribution in [2.75, 3.05) is 26.9 Å². The van der Waals surface area contributed by atoms with Crippen LogP contribution in [0.3, 0.4) is 0 Å². The van der Waals surface area contributed by atoms with Gasteiger partial charge in [0.25, 0.3) is 10.0 Å². The molecule has 0 aliphatic heterocycles. The minimum Gasteiger partial charge on any atom is -0.447 e. The summed E-state index contributed by atoms with van der Waals surface area (Å²) >= 11 is 0. The van der Waals surface area contributed by atoms with E-state index in [1.54, 1.807) is 6.07 Å². The zero-order valence-corrected chi connectivity index (χ0v) is 13.4. The molecule has 0 amide bonds. The first kappa shape index (κ1) is 18.1. The highest BCUT2D eigenvalue weighted by molar-refractivity contribution is 7.89. The molecule has 0 radical (unpaired) electrons. The van der Waals surface area contributed by atoms with E-state index in [9.17, 15) is 8.42 Å². The smallest absolute Gasteiger partial charge is 0.274 e. The number of methoxy groups -OCH3 is 1. The Hall–Kier alpha value is -0.930. The normalized spacial score (nSPS) is 13.8. The summed E-state index contributed by atoms with van der Waals surface area (Å²) in [5, 5.41) is 12.1. The third kappa shape index (κ3) is 6.15. The van der Waals surface area contributed by atoms with Crippen LogP contribution in [0.5, 0.6) is 0 Å². The van der Waals surface area contributed by atoms with Gasteiger partial charge in [0.1, 0.15) is 5.76 Å². The van der Waals surface area contributed by atoms with Crippen molar-refractivity contribution >= 4 is 10.0 Å². The summed E-state index contributed by atoms with van der Waals surface area (Å²) in [7, 11) is -2.37. The Morgan fingerprint density at radius 2 is 2.10 bits per heavy atom. The molecular formula is C13H24N2O5S. The van der Waals surface area contributed by atoms with Crippen LogP contribution in [-0.4, -0.2) is 46.4 Å². The van der Waals surface area contributed by atoms with Gasteiger partial charge in [-0.2, -0.15) is 0 Å². The first-order chi connectivity index (χ1) is 9.89. The van der Waals surface area contributed by atoms with Crippen LogP contribution in [-0.2, 0) is 21.3 Å². The molecule has 0 bridgehead atoms. The molecule has 0 aliphatic rings. The molecular weight excluding hydrogens is 296 g/mol. The predicted molar refractivity (Wildman–Crippen MR) is 78.3 cm³/mol. The number of furan rings is 1. The summed E-state index contributed by atoms with van der Waals surface area (Å²) in [5.74, 6) is 1.05. The molecule has 1 rings (SSSR count). The number of ether oxygens (including phenoxy) is 1. The van der Waals surface area contributed by atoms with E-state index < -0.39 is 16.1 Å². The number of nitrogens with one attached hydrogen (secondary N) is 2. The average Bonchev–Trinajstić information content (AvgIpc) is 2.87. The van der Waals surface area contributed by atoms with Crippen LogP contribution in [0.2, 0.25) is 0 Å². The van der Waals surface area contributed by atoms with Crippen molar-refractivity contribution in [2.45, 2.75) is 31.5 Å². The standard InChI is InChI=1S/C13H24N2O5S/c1-10(2)6-14-7-12-4-5-13(20-12)21(17,18)15-11(8-16)9-19-3/h4-5,10-11,14-16H,6-9H2,1-3H3. The molecule has 0 saturated heterocycles. The SMILES string of the molecule is COCC(CO)NS(=O)(=O)c1ccc(CNCC(C)C)o1. The van der Waals surface area contributed by atoms with E-state index >= 15 is 0 Å². The highest BCUT2D eigenvalue weighted by Gasteiger charge is 2.23. The summed E-state index contributed by atoms with van der Waals surface area (Å²) in [6.45, 7) is 5.19. The summed E-state index contributed by atoms with van der Waals surface area (Å²) < 4.78 is 36.6. The maximum atomic E-state index is 12.1. The third-order valence-corrected chi connectivity index (χ3v) is 4.06. The molecule has 1 unspecified atom stereocenters. The van der Waals surface area contributed by atoms with Crippen molar-refractivity contribution in [2.24, 2.45) is 5.92 Å². The molecule has 1 aromatic rings. The van der Waals surface area contributed by atoms with Crippen molar-refractivity contribution in [3.8, 4) is 0 Å². The van der Waals surface area contributed by atoms with E-state index in [4.69, 9.17) is 14.3 Å². The molecule has 0 spiro atoms. The molecule has 3 N–H and O–H groups in total. The van der Waals surface area contributed by atoms with Crippen LogP contribution >= 0.6 is 0 Å². The van der Waals surface area contributed by atoms with Gasteiger partial charge in [0.2, 0.25) is 5.09 Å². The quantitative estimate of drug-likeness (QED) is 0.574. The van der Waals surface area contributed by atoms with Gasteiger partial charge in [0, 0.05) is 7.11 Å². The average molecular weight is 320 g/mol. The minimum absolute atomic E-state index is 0.0826. The maximum absolute atomic E-state index is 12.1. The minimum atomic E-state index is -3.80. The van der Waals surface area contributed by atoms with Gasteiger partial charge in [-0.1, -0.05) is 13.8 Å². The van der Waals surface area contributed by atoms with Gasteiger partial charge in [0.15, 0.2) is 0 Å². The lowest BCUT2D eigenvalue weighted by Gasteiger charge is -2.14. The monoisotopic (exact) mass is 320 g/mol. The highest BCUT2D eigenvalue weighted by Crippen LogP contribution is 2.14. The fourth-order valence-corrected chi connectivity index (χ4v) is 2.85. The molecule has 122 valence electrons. The molecule has 8 heteroatoms. The zero-order chi connectivity index (χ0) is 15.9. The van der Waals surface area contributed by atoms with E-state index in [2.05, 4.69) is 23.9 Å². The van der Waals surface area contributed by atoms with Crippen LogP contribution in [0.15, 0.2) is 21.6 Å². The van der Waals surface area contributed by atoms with E-state index in [1.165, 1.54) is 13.2 Å². The second-order valence-corrected chi connectivity index (χ2v) is 6.85. The van der Waals surface area contributed by atoms with E-state index in [1.807, 2.05) is 0 Å². The van der Waals surface area contributed by atoms with Crippen molar-refractivity contribution in [3.63, 3.8) is 0 Å². The number of aliphatic hydroxyl groups excluding tert-OH is 1. The van der Waals surface area contributed by atoms with Gasteiger partial charge < -0.3 is 19.6 Å². The molecule has 1 heterocycles. The van der Waals surface area contributed by atoms with Crippen molar-refractivity contribution in [1.82, 2.24) is 10.0 Å². The maximum Gasteiger partial charge on any atom is 0.274 e. The first-order valence-corrected chi connectivity index (χ1v) is 8.29. The van der Waals surface area contributed by atoms with Crippen LogP contribution < -0.4 is 10.0 Å². The van der Waals surface area contributed by atoms with Gasteiger partial charge in [0.05, 0.1) is 25.8 Å². The molecule has 21 heavy (non-hydrogen) atoms. The second kappa shape index (κ2) is 8.50. The van der Waals surface area contributed by atoms with Gasteiger partial charge in [-0.25, -0.2) is 13.1 Å². The predicted octanol–water partition coefficient (Wildman–Crippen LogP) is 0.311. The molecule has 7 nitrogen and oxygen atoms in total. The van der Waals surface area contributed by atoms with E-state index in [-0.39, 0.29) is 18.3 Å². The Balaban J connectivity index is 2.65. The van der Waals surface area contributed by atoms with E-state index in [0.717, 1.165) is 6.54 Å². The summed E-state index contributed by atoms with van der Waals surface area (Å²) in [6.07, 6.45) is 0. The van der Waals surface area contributed by atoms with Gasteiger partial charge in [-0.3, -0.25) is 0 Å². The van der Waals surface area contributed by atoms with Crippen molar-refractivity contribution in [3.05, 3.63) is 17.9 Å². The first-order valence-electron chi connectivity index (χ1n) is 6.80. The highest BCUT2D eigenvalue weighted by atomic mass is 32.2. The third-order valence-electron chi connectivity index (χ3n) is 2.66. The molecule has 1 atom stereocenters. The summed E-state index contributed by atoms with van der Waals surface area (Å²) in [4.78, 5) is 0. The lowest BCUT2D eigenvalue weighted by atomic mass is 10.2. The Bertz CT molecular complexity index is 512. The fourth-order valence-electron chi connectivity index (χ4n) is 1.68. The number of aliphatic hydroxyl groups is 1. The summed E-state index contributed by atoms with van der Waals surface area (Å²) in [6, 6.07) is 2.31. The molecule has 0 saturated carbocycles. The van der Waals surface area contributed by atoms with E-state index in [0.29, 0.717) is 18.2 Å². The van der Waals surface area contributed by atoms with Gasteiger partial charge in [-0.05, 0) is 24.6 Å². The number of hydrogen-bond donors (Lipinski definition) is 3. The van der Waals surface area contributed by atoms with Crippen molar-refractivity contribution < 1.29 is 22.7 Å².